The van der Waals surface area contributed by atoms with Gasteiger partial charge in [0.2, 0.25) is 0 Å². The van der Waals surface area contributed by atoms with Crippen molar-refractivity contribution in [2.24, 2.45) is 0 Å². The Labute approximate surface area is 168 Å². The van der Waals surface area contributed by atoms with Crippen molar-refractivity contribution in [2.45, 2.75) is 38.1 Å². The van der Waals surface area contributed by atoms with Gasteiger partial charge in [-0.25, -0.2) is 4.39 Å². The smallest absolute Gasteiger partial charge is 0.282 e. The molecule has 2 aliphatic rings. The van der Waals surface area contributed by atoms with Crippen LogP contribution in [0.3, 0.4) is 0 Å². The predicted octanol–water partition coefficient (Wildman–Crippen LogP) is 2.86. The molecule has 9 heteroatoms. The van der Waals surface area contributed by atoms with E-state index in [2.05, 4.69) is 15.9 Å². The number of carbonyl (C=O) groups excluding carboxylic acids is 1. The van der Waals surface area contributed by atoms with E-state index in [0.717, 1.165) is 25.7 Å². The van der Waals surface area contributed by atoms with Crippen LogP contribution < -0.4 is 0 Å². The number of benzene rings is 1. The van der Waals surface area contributed by atoms with Crippen LogP contribution in [0.15, 0.2) is 22.7 Å². The Hall–Kier alpha value is -1.03. The van der Waals surface area contributed by atoms with Gasteiger partial charge in [-0.05, 0) is 47.0 Å². The molecule has 0 atom stereocenters. The molecule has 0 aromatic heterocycles. The molecule has 0 unspecified atom stereocenters. The van der Waals surface area contributed by atoms with E-state index in [0.29, 0.717) is 23.1 Å². The topological polar surface area (TPSA) is 60.9 Å². The molecule has 0 spiro atoms. The average molecular weight is 462 g/mol. The molecular weight excluding hydrogens is 437 g/mol. The first-order valence-electron chi connectivity index (χ1n) is 9.28. The minimum Gasteiger partial charge on any atom is -0.336 e. The first kappa shape index (κ1) is 20.7. The molecule has 1 saturated carbocycles. The summed E-state index contributed by atoms with van der Waals surface area (Å²) in [5.74, 6) is -0.639. The van der Waals surface area contributed by atoms with E-state index in [1.54, 1.807) is 11.9 Å². The molecule has 6 nitrogen and oxygen atoms in total. The quantitative estimate of drug-likeness (QED) is 0.692. The SMILES string of the molecule is CN(C1CCCCC1)S(=O)(=O)N1CCN(C(=O)c2ccc(F)cc2Br)CC1. The maximum atomic E-state index is 13.2. The lowest BCUT2D eigenvalue weighted by atomic mass is 9.96. The summed E-state index contributed by atoms with van der Waals surface area (Å²) in [6.07, 6.45) is 5.13. The highest BCUT2D eigenvalue weighted by Crippen LogP contribution is 2.26. The van der Waals surface area contributed by atoms with Gasteiger partial charge in [0, 0.05) is 43.7 Å². The van der Waals surface area contributed by atoms with Crippen LogP contribution in [-0.4, -0.2) is 67.1 Å². The van der Waals surface area contributed by atoms with Gasteiger partial charge in [-0.3, -0.25) is 4.79 Å². The number of rotatable bonds is 4. The summed E-state index contributed by atoms with van der Waals surface area (Å²) in [5, 5.41) is 0. The largest absolute Gasteiger partial charge is 0.336 e. The molecule has 1 aromatic rings. The molecular formula is C18H25BrFN3O3S. The van der Waals surface area contributed by atoms with E-state index < -0.39 is 16.0 Å². The van der Waals surface area contributed by atoms with Gasteiger partial charge in [-0.1, -0.05) is 19.3 Å². The van der Waals surface area contributed by atoms with Gasteiger partial charge in [0.25, 0.3) is 16.1 Å². The third kappa shape index (κ3) is 4.52. The Balaban J connectivity index is 1.63. The summed E-state index contributed by atoms with van der Waals surface area (Å²) in [6, 6.07) is 4.02. The van der Waals surface area contributed by atoms with Gasteiger partial charge >= 0.3 is 0 Å². The van der Waals surface area contributed by atoms with Crippen LogP contribution in [0.1, 0.15) is 42.5 Å². The molecule has 1 heterocycles. The number of carbonyl (C=O) groups is 1. The van der Waals surface area contributed by atoms with Crippen LogP contribution in [0.4, 0.5) is 4.39 Å². The van der Waals surface area contributed by atoms with Gasteiger partial charge in [-0.2, -0.15) is 17.0 Å². The molecule has 2 fully saturated rings. The highest BCUT2D eigenvalue weighted by molar-refractivity contribution is 9.10. The number of nitrogens with zero attached hydrogens (tertiary/aromatic N) is 3. The highest BCUT2D eigenvalue weighted by atomic mass is 79.9. The zero-order valence-electron chi connectivity index (χ0n) is 15.4. The van der Waals surface area contributed by atoms with Crippen LogP contribution in [0.2, 0.25) is 0 Å². The molecule has 1 aromatic carbocycles. The van der Waals surface area contributed by atoms with Crippen molar-refractivity contribution in [1.29, 1.82) is 0 Å². The lowest BCUT2D eigenvalue weighted by Crippen LogP contribution is -2.55. The van der Waals surface area contributed by atoms with Crippen molar-refractivity contribution in [3.8, 4) is 0 Å². The van der Waals surface area contributed by atoms with Gasteiger partial charge < -0.3 is 4.90 Å². The van der Waals surface area contributed by atoms with Crippen LogP contribution >= 0.6 is 15.9 Å². The second-order valence-electron chi connectivity index (χ2n) is 7.13. The van der Waals surface area contributed by atoms with E-state index in [1.807, 2.05) is 0 Å². The van der Waals surface area contributed by atoms with Crippen LogP contribution in [-0.2, 0) is 10.2 Å². The Morgan fingerprint density at radius 3 is 2.37 bits per heavy atom. The van der Waals surface area contributed by atoms with Gasteiger partial charge in [0.05, 0.1) is 5.56 Å². The molecule has 1 aliphatic heterocycles. The summed E-state index contributed by atoms with van der Waals surface area (Å²) in [5.41, 5.74) is 0.382. The fourth-order valence-corrected chi connectivity index (χ4v) is 5.87. The maximum absolute atomic E-state index is 13.2. The second-order valence-corrected chi connectivity index (χ2v) is 9.97. The van der Waals surface area contributed by atoms with Crippen LogP contribution in [0.25, 0.3) is 0 Å². The molecule has 0 N–H and O–H groups in total. The van der Waals surface area contributed by atoms with Gasteiger partial charge in [0.15, 0.2) is 0 Å². The third-order valence-corrected chi connectivity index (χ3v) is 8.17. The number of halogens is 2. The van der Waals surface area contributed by atoms with Crippen molar-refractivity contribution in [3.63, 3.8) is 0 Å². The lowest BCUT2D eigenvalue weighted by molar-refractivity contribution is 0.0692. The predicted molar refractivity (Wildman–Crippen MR) is 105 cm³/mol. The zero-order valence-corrected chi connectivity index (χ0v) is 17.8. The molecule has 1 aliphatic carbocycles. The second kappa shape index (κ2) is 8.55. The Morgan fingerprint density at radius 2 is 1.78 bits per heavy atom. The van der Waals surface area contributed by atoms with Crippen molar-refractivity contribution >= 4 is 32.0 Å². The Kier molecular flexibility index (Phi) is 6.55. The number of amides is 1. The Bertz CT molecular complexity index is 791. The number of hydrogen-bond donors (Lipinski definition) is 0. The van der Waals surface area contributed by atoms with E-state index in [4.69, 9.17) is 0 Å². The van der Waals surface area contributed by atoms with Gasteiger partial charge in [0.1, 0.15) is 5.82 Å². The molecule has 150 valence electrons. The van der Waals surface area contributed by atoms with Crippen molar-refractivity contribution in [2.75, 3.05) is 33.2 Å². The van der Waals surface area contributed by atoms with Gasteiger partial charge in [-0.15, -0.1) is 0 Å². The third-order valence-electron chi connectivity index (χ3n) is 5.47. The molecule has 0 radical (unpaired) electrons. The summed E-state index contributed by atoms with van der Waals surface area (Å²) >= 11 is 3.22. The summed E-state index contributed by atoms with van der Waals surface area (Å²) in [6.45, 7) is 1.18. The average Bonchev–Trinajstić information content (AvgIpc) is 2.67. The first-order valence-corrected chi connectivity index (χ1v) is 11.5. The molecule has 27 heavy (non-hydrogen) atoms. The van der Waals surface area contributed by atoms with E-state index in [9.17, 15) is 17.6 Å². The summed E-state index contributed by atoms with van der Waals surface area (Å²) in [4.78, 5) is 14.3. The highest BCUT2D eigenvalue weighted by Gasteiger charge is 2.35. The van der Waals surface area contributed by atoms with Crippen LogP contribution in [0.5, 0.6) is 0 Å². The van der Waals surface area contributed by atoms with E-state index >= 15 is 0 Å². The van der Waals surface area contributed by atoms with E-state index in [1.165, 1.54) is 33.2 Å². The van der Waals surface area contributed by atoms with E-state index in [-0.39, 0.29) is 25.0 Å². The number of hydrogen-bond acceptors (Lipinski definition) is 3. The van der Waals surface area contributed by atoms with Crippen molar-refractivity contribution in [1.82, 2.24) is 13.5 Å². The molecule has 0 bridgehead atoms. The minimum atomic E-state index is -3.52. The summed E-state index contributed by atoms with van der Waals surface area (Å²) < 4.78 is 42.5. The monoisotopic (exact) mass is 461 g/mol. The standard InChI is InChI=1S/C18H25BrFN3O3S/c1-21(15-5-3-2-4-6-15)27(25,26)23-11-9-22(10-12-23)18(24)16-8-7-14(20)13-17(16)19/h7-8,13,15H,2-6,9-12H2,1H3. The normalized spacial score (nSPS) is 20.2. The van der Waals surface area contributed by atoms with Crippen molar-refractivity contribution < 1.29 is 17.6 Å². The summed E-state index contributed by atoms with van der Waals surface area (Å²) in [7, 11) is -1.85. The zero-order chi connectivity index (χ0) is 19.6. The molecule has 1 saturated heterocycles. The minimum absolute atomic E-state index is 0.0681. The maximum Gasteiger partial charge on any atom is 0.282 e. The van der Waals surface area contributed by atoms with Crippen molar-refractivity contribution in [3.05, 3.63) is 34.1 Å². The fraction of sp³-hybridized carbons (Fsp3) is 0.611. The van der Waals surface area contributed by atoms with Crippen LogP contribution in [0, 0.1) is 5.82 Å². The molecule has 3 rings (SSSR count). The first-order chi connectivity index (χ1) is 12.8. The molecule has 1 amide bonds. The Morgan fingerprint density at radius 1 is 1.15 bits per heavy atom. The number of piperazine rings is 1. The lowest BCUT2D eigenvalue weighted by Gasteiger charge is -2.38. The fourth-order valence-electron chi connectivity index (χ4n) is 3.77.